The molecule has 6 nitrogen and oxygen atoms in total. The molecule has 1 aromatic heterocycles. The summed E-state index contributed by atoms with van der Waals surface area (Å²) in [6, 6.07) is 0.193. The Labute approximate surface area is 157 Å². The molecule has 2 amide bonds. The summed E-state index contributed by atoms with van der Waals surface area (Å²) in [7, 11) is 0. The normalized spacial score (nSPS) is 19.6. The average molecular weight is 378 g/mol. The minimum absolute atomic E-state index is 0.143. The molecule has 1 N–H and O–H groups in total. The predicted octanol–water partition coefficient (Wildman–Crippen LogP) is 3.14. The van der Waals surface area contributed by atoms with Crippen LogP contribution in [0.3, 0.4) is 0 Å². The largest absolute Gasteiger partial charge is 0.452 e. The number of carbonyl (C=O) groups excluding carboxylic acids is 3. The van der Waals surface area contributed by atoms with E-state index < -0.39 is 5.97 Å². The van der Waals surface area contributed by atoms with E-state index >= 15 is 0 Å². The van der Waals surface area contributed by atoms with Crippen LogP contribution in [0.5, 0.6) is 0 Å². The number of fused-ring (bicyclic) bond motifs is 1. The molecular weight excluding hydrogens is 352 g/mol. The van der Waals surface area contributed by atoms with Crippen LogP contribution in [-0.4, -0.2) is 41.9 Å². The molecule has 1 fully saturated rings. The fourth-order valence-electron chi connectivity index (χ4n) is 3.78. The predicted molar refractivity (Wildman–Crippen MR) is 101 cm³/mol. The molecule has 142 valence electrons. The van der Waals surface area contributed by atoms with Crippen LogP contribution in [0.15, 0.2) is 0 Å². The van der Waals surface area contributed by atoms with Crippen molar-refractivity contribution < 1.29 is 19.1 Å². The Morgan fingerprint density at radius 3 is 2.69 bits per heavy atom. The monoisotopic (exact) mass is 378 g/mol. The van der Waals surface area contributed by atoms with E-state index in [1.807, 2.05) is 6.92 Å². The third kappa shape index (κ3) is 4.09. The van der Waals surface area contributed by atoms with Crippen molar-refractivity contribution in [1.82, 2.24) is 4.90 Å². The van der Waals surface area contributed by atoms with Crippen LogP contribution < -0.4 is 5.32 Å². The van der Waals surface area contributed by atoms with Gasteiger partial charge < -0.3 is 15.0 Å². The number of ether oxygens (including phenoxy) is 1. The highest BCUT2D eigenvalue weighted by molar-refractivity contribution is 7.17. The molecule has 1 saturated heterocycles. The number of nitrogens with one attached hydrogen (secondary N) is 1. The van der Waals surface area contributed by atoms with Gasteiger partial charge in [0.1, 0.15) is 5.00 Å². The van der Waals surface area contributed by atoms with Crippen molar-refractivity contribution in [3.63, 3.8) is 0 Å². The number of thiophene rings is 1. The number of hydrogen-bond donors (Lipinski definition) is 1. The summed E-state index contributed by atoms with van der Waals surface area (Å²) in [5.74, 6) is -0.863. The molecule has 0 unspecified atom stereocenters. The Balaban J connectivity index is 1.71. The third-order valence-electron chi connectivity index (χ3n) is 5.12. The molecule has 1 aliphatic heterocycles. The quantitative estimate of drug-likeness (QED) is 0.817. The minimum Gasteiger partial charge on any atom is -0.452 e. The SMILES string of the molecule is CC(=O)Nc1sc2c(c1C(=O)OCC(=O)N1CCCC[C@H]1C)CCCC2. The van der Waals surface area contributed by atoms with Crippen molar-refractivity contribution in [3.05, 3.63) is 16.0 Å². The molecule has 3 rings (SSSR count). The second-order valence-corrected chi connectivity index (χ2v) is 8.21. The van der Waals surface area contributed by atoms with Gasteiger partial charge in [0.2, 0.25) is 5.91 Å². The first-order valence-corrected chi connectivity index (χ1v) is 10.2. The van der Waals surface area contributed by atoms with Gasteiger partial charge in [-0.05, 0) is 57.4 Å². The number of anilines is 1. The minimum atomic E-state index is -0.508. The zero-order chi connectivity index (χ0) is 18.7. The van der Waals surface area contributed by atoms with Gasteiger partial charge in [-0.2, -0.15) is 0 Å². The number of amides is 2. The third-order valence-corrected chi connectivity index (χ3v) is 6.32. The average Bonchev–Trinajstić information content (AvgIpc) is 2.96. The number of nitrogens with zero attached hydrogens (tertiary/aromatic N) is 1. The zero-order valence-electron chi connectivity index (χ0n) is 15.4. The Kier molecular flexibility index (Phi) is 5.96. The highest BCUT2D eigenvalue weighted by Crippen LogP contribution is 2.38. The number of piperidine rings is 1. The number of aryl methyl sites for hydroxylation is 1. The molecule has 0 saturated carbocycles. The van der Waals surface area contributed by atoms with Crippen LogP contribution in [0.25, 0.3) is 0 Å². The van der Waals surface area contributed by atoms with E-state index in [0.29, 0.717) is 10.6 Å². The summed E-state index contributed by atoms with van der Waals surface area (Å²) in [6.45, 7) is 3.94. The fourth-order valence-corrected chi connectivity index (χ4v) is 5.10. The van der Waals surface area contributed by atoms with Crippen LogP contribution in [0.4, 0.5) is 5.00 Å². The van der Waals surface area contributed by atoms with Gasteiger partial charge in [0.25, 0.3) is 5.91 Å². The lowest BCUT2D eigenvalue weighted by Gasteiger charge is -2.33. The number of carbonyl (C=O) groups is 3. The van der Waals surface area contributed by atoms with Crippen LogP contribution >= 0.6 is 11.3 Å². The van der Waals surface area contributed by atoms with E-state index in [4.69, 9.17) is 4.74 Å². The zero-order valence-corrected chi connectivity index (χ0v) is 16.2. The number of likely N-dealkylation sites (tertiary alicyclic amines) is 1. The second kappa shape index (κ2) is 8.20. The number of hydrogen-bond acceptors (Lipinski definition) is 5. The fraction of sp³-hybridized carbons (Fsp3) is 0.632. The van der Waals surface area contributed by atoms with Crippen LogP contribution in [0.1, 0.15) is 66.8 Å². The van der Waals surface area contributed by atoms with Gasteiger partial charge in [-0.3, -0.25) is 9.59 Å². The smallest absolute Gasteiger partial charge is 0.341 e. The van der Waals surface area contributed by atoms with E-state index in [2.05, 4.69) is 5.32 Å². The Morgan fingerprint density at radius 1 is 1.19 bits per heavy atom. The summed E-state index contributed by atoms with van der Waals surface area (Å²) >= 11 is 1.45. The van der Waals surface area contributed by atoms with E-state index in [1.54, 1.807) is 4.90 Å². The molecule has 0 radical (unpaired) electrons. The van der Waals surface area contributed by atoms with Gasteiger partial charge in [-0.1, -0.05) is 0 Å². The lowest BCUT2D eigenvalue weighted by atomic mass is 9.95. The van der Waals surface area contributed by atoms with Gasteiger partial charge in [-0.15, -0.1) is 11.3 Å². The first kappa shape index (κ1) is 18.9. The summed E-state index contributed by atoms with van der Waals surface area (Å²) in [6.07, 6.45) is 6.96. The van der Waals surface area contributed by atoms with Gasteiger partial charge in [0.05, 0.1) is 5.56 Å². The van der Waals surface area contributed by atoms with E-state index in [9.17, 15) is 14.4 Å². The van der Waals surface area contributed by atoms with E-state index in [0.717, 1.165) is 61.9 Å². The molecule has 7 heteroatoms. The van der Waals surface area contributed by atoms with Gasteiger partial charge in [0.15, 0.2) is 6.61 Å². The maximum absolute atomic E-state index is 12.7. The van der Waals surface area contributed by atoms with E-state index in [-0.39, 0.29) is 24.5 Å². The first-order chi connectivity index (χ1) is 12.5. The highest BCUT2D eigenvalue weighted by atomic mass is 32.1. The molecule has 1 aromatic rings. The van der Waals surface area contributed by atoms with Crippen molar-refractivity contribution in [3.8, 4) is 0 Å². The summed E-state index contributed by atoms with van der Waals surface area (Å²) in [5, 5.41) is 3.30. The van der Waals surface area contributed by atoms with Crippen LogP contribution in [0, 0.1) is 0 Å². The maximum Gasteiger partial charge on any atom is 0.341 e. The van der Waals surface area contributed by atoms with Gasteiger partial charge >= 0.3 is 5.97 Å². The van der Waals surface area contributed by atoms with Crippen molar-refractivity contribution in [2.45, 2.75) is 64.8 Å². The highest BCUT2D eigenvalue weighted by Gasteiger charge is 2.29. The lowest BCUT2D eigenvalue weighted by molar-refractivity contribution is -0.137. The van der Waals surface area contributed by atoms with Gasteiger partial charge in [-0.25, -0.2) is 4.79 Å². The van der Waals surface area contributed by atoms with Crippen molar-refractivity contribution in [1.29, 1.82) is 0 Å². The summed E-state index contributed by atoms with van der Waals surface area (Å²) in [4.78, 5) is 39.6. The first-order valence-electron chi connectivity index (χ1n) is 9.36. The molecule has 1 aliphatic carbocycles. The summed E-state index contributed by atoms with van der Waals surface area (Å²) in [5.41, 5.74) is 1.42. The number of esters is 1. The van der Waals surface area contributed by atoms with Gasteiger partial charge in [0, 0.05) is 24.4 Å². The molecular formula is C19H26N2O4S. The molecule has 0 aromatic carbocycles. The number of rotatable bonds is 4. The summed E-state index contributed by atoms with van der Waals surface area (Å²) < 4.78 is 5.36. The molecule has 1 atom stereocenters. The van der Waals surface area contributed by atoms with Crippen LogP contribution in [-0.2, 0) is 27.2 Å². The maximum atomic E-state index is 12.7. The van der Waals surface area contributed by atoms with Crippen molar-refractivity contribution in [2.75, 3.05) is 18.5 Å². The van der Waals surface area contributed by atoms with Crippen LogP contribution in [0.2, 0.25) is 0 Å². The van der Waals surface area contributed by atoms with Crippen molar-refractivity contribution in [2.24, 2.45) is 0 Å². The molecule has 2 aliphatic rings. The molecule has 2 heterocycles. The topological polar surface area (TPSA) is 75.7 Å². The second-order valence-electron chi connectivity index (χ2n) is 7.10. The Bertz CT molecular complexity index is 713. The van der Waals surface area contributed by atoms with Crippen molar-refractivity contribution >= 4 is 34.1 Å². The molecule has 26 heavy (non-hydrogen) atoms. The standard InChI is InChI=1S/C19H26N2O4S/c1-12-7-5-6-10-21(12)16(23)11-25-19(24)17-14-8-3-4-9-15(14)26-18(17)20-13(2)22/h12H,3-11H2,1-2H3,(H,20,22)/t12-/m1/s1. The lowest BCUT2D eigenvalue weighted by Crippen LogP contribution is -2.44. The Morgan fingerprint density at radius 2 is 1.96 bits per heavy atom. The van der Waals surface area contributed by atoms with E-state index in [1.165, 1.54) is 18.3 Å². The Hall–Kier alpha value is -1.89. The molecule has 0 bridgehead atoms. The molecule has 0 spiro atoms.